The second-order valence-electron chi connectivity index (χ2n) is 4.51. The summed E-state index contributed by atoms with van der Waals surface area (Å²) in [5.74, 6) is 0.781. The molecule has 0 bridgehead atoms. The molecule has 0 radical (unpaired) electrons. The predicted molar refractivity (Wildman–Crippen MR) is 57.1 cm³/mol. The van der Waals surface area contributed by atoms with Crippen LogP contribution in [0.3, 0.4) is 0 Å². The van der Waals surface area contributed by atoms with Crippen molar-refractivity contribution >= 4 is 0 Å². The molecule has 1 fully saturated rings. The predicted octanol–water partition coefficient (Wildman–Crippen LogP) is 0.880. The van der Waals surface area contributed by atoms with Crippen molar-refractivity contribution in [2.75, 3.05) is 6.54 Å². The molecule has 5 heteroatoms. The van der Waals surface area contributed by atoms with E-state index in [1.807, 2.05) is 0 Å². The van der Waals surface area contributed by atoms with E-state index in [-0.39, 0.29) is 0 Å². The van der Waals surface area contributed by atoms with E-state index in [1.165, 1.54) is 30.5 Å². The molecule has 2 rings (SSSR count). The Morgan fingerprint density at radius 1 is 1.47 bits per heavy atom. The quantitative estimate of drug-likeness (QED) is 0.782. The Bertz CT molecular complexity index is 310. The molecule has 1 aromatic rings. The first-order chi connectivity index (χ1) is 7.24. The maximum atomic E-state index is 4.13. The van der Waals surface area contributed by atoms with Gasteiger partial charge in [-0.15, -0.1) is 10.2 Å². The highest BCUT2D eigenvalue weighted by atomic mass is 15.6. The third-order valence-electron chi connectivity index (χ3n) is 3.50. The second-order valence-corrected chi connectivity index (χ2v) is 4.51. The van der Waals surface area contributed by atoms with E-state index in [1.54, 1.807) is 7.05 Å². The Labute approximate surface area is 90.2 Å². The highest BCUT2D eigenvalue weighted by Crippen LogP contribution is 2.42. The fourth-order valence-corrected chi connectivity index (χ4v) is 2.17. The summed E-state index contributed by atoms with van der Waals surface area (Å²) in [4.78, 5) is 1.50. The minimum absolute atomic E-state index is 0.558. The highest BCUT2D eigenvalue weighted by molar-refractivity contribution is 4.89. The standard InChI is InChI=1S/C10H19N5/c1-3-10(5-4-6-10)8-11-7-9-12-14-15(2)13-9/h11H,3-8H2,1-2H3. The maximum absolute atomic E-state index is 4.13. The molecule has 84 valence electrons. The molecule has 5 nitrogen and oxygen atoms in total. The average molecular weight is 209 g/mol. The topological polar surface area (TPSA) is 55.6 Å². The zero-order valence-corrected chi connectivity index (χ0v) is 9.53. The normalized spacial score (nSPS) is 18.8. The number of nitrogens with one attached hydrogen (secondary N) is 1. The van der Waals surface area contributed by atoms with Crippen LogP contribution >= 0.6 is 0 Å². The van der Waals surface area contributed by atoms with Crippen LogP contribution < -0.4 is 5.32 Å². The van der Waals surface area contributed by atoms with Gasteiger partial charge in [0.15, 0.2) is 5.82 Å². The number of hydrogen-bond acceptors (Lipinski definition) is 4. The van der Waals surface area contributed by atoms with E-state index in [9.17, 15) is 0 Å². The van der Waals surface area contributed by atoms with E-state index in [2.05, 4.69) is 27.7 Å². The minimum atomic E-state index is 0.558. The number of aryl methyl sites for hydroxylation is 1. The number of rotatable bonds is 5. The molecule has 1 aliphatic carbocycles. The van der Waals surface area contributed by atoms with Gasteiger partial charge in [-0.25, -0.2) is 0 Å². The number of hydrogen-bond donors (Lipinski definition) is 1. The fraction of sp³-hybridized carbons (Fsp3) is 0.900. The van der Waals surface area contributed by atoms with Gasteiger partial charge in [-0.3, -0.25) is 0 Å². The summed E-state index contributed by atoms with van der Waals surface area (Å²) in [5.41, 5.74) is 0.558. The Balaban J connectivity index is 1.74. The summed E-state index contributed by atoms with van der Waals surface area (Å²) in [6.07, 6.45) is 5.39. The lowest BCUT2D eigenvalue weighted by Gasteiger charge is -2.41. The largest absolute Gasteiger partial charge is 0.309 e. The Morgan fingerprint density at radius 2 is 2.27 bits per heavy atom. The lowest BCUT2D eigenvalue weighted by atomic mass is 9.67. The van der Waals surface area contributed by atoms with Crippen molar-refractivity contribution in [3.8, 4) is 0 Å². The summed E-state index contributed by atoms with van der Waals surface area (Å²) >= 11 is 0. The van der Waals surface area contributed by atoms with Crippen molar-refractivity contribution in [1.82, 2.24) is 25.5 Å². The maximum Gasteiger partial charge on any atom is 0.188 e. The van der Waals surface area contributed by atoms with E-state index in [0.29, 0.717) is 5.41 Å². The monoisotopic (exact) mass is 209 g/mol. The third kappa shape index (κ3) is 2.34. The van der Waals surface area contributed by atoms with Gasteiger partial charge in [0.2, 0.25) is 0 Å². The second kappa shape index (κ2) is 4.26. The number of aromatic nitrogens is 4. The van der Waals surface area contributed by atoms with Gasteiger partial charge in [0.25, 0.3) is 0 Å². The molecule has 0 aliphatic heterocycles. The summed E-state index contributed by atoms with van der Waals surface area (Å²) in [5, 5.41) is 15.3. The molecule has 0 spiro atoms. The molecule has 1 aliphatic rings. The van der Waals surface area contributed by atoms with E-state index >= 15 is 0 Å². The van der Waals surface area contributed by atoms with Gasteiger partial charge < -0.3 is 5.32 Å². The van der Waals surface area contributed by atoms with Crippen molar-refractivity contribution < 1.29 is 0 Å². The van der Waals surface area contributed by atoms with Gasteiger partial charge in [-0.05, 0) is 29.9 Å². The Kier molecular flexibility index (Phi) is 3.00. The van der Waals surface area contributed by atoms with E-state index < -0.39 is 0 Å². The first kappa shape index (κ1) is 10.5. The Hall–Kier alpha value is -0.970. The van der Waals surface area contributed by atoms with Crippen LogP contribution in [0.1, 0.15) is 38.4 Å². The van der Waals surface area contributed by atoms with Crippen LogP contribution in [0.4, 0.5) is 0 Å². The van der Waals surface area contributed by atoms with Crippen molar-refractivity contribution in [2.45, 2.75) is 39.2 Å². The van der Waals surface area contributed by atoms with Gasteiger partial charge in [-0.2, -0.15) is 4.80 Å². The zero-order chi connectivity index (χ0) is 10.7. The first-order valence-corrected chi connectivity index (χ1v) is 5.68. The zero-order valence-electron chi connectivity index (χ0n) is 9.53. The molecule has 1 heterocycles. The average Bonchev–Trinajstić information content (AvgIpc) is 2.56. The van der Waals surface area contributed by atoms with Gasteiger partial charge in [-0.1, -0.05) is 13.3 Å². The molecule has 1 N–H and O–H groups in total. The molecule has 0 atom stereocenters. The van der Waals surface area contributed by atoms with E-state index in [0.717, 1.165) is 18.9 Å². The van der Waals surface area contributed by atoms with E-state index in [4.69, 9.17) is 0 Å². The molecule has 1 saturated carbocycles. The van der Waals surface area contributed by atoms with Crippen molar-refractivity contribution in [3.63, 3.8) is 0 Å². The van der Waals surface area contributed by atoms with Crippen LogP contribution in [-0.2, 0) is 13.6 Å². The van der Waals surface area contributed by atoms with Crippen LogP contribution in [0.5, 0.6) is 0 Å². The van der Waals surface area contributed by atoms with Crippen molar-refractivity contribution in [1.29, 1.82) is 0 Å². The molecule has 0 aromatic carbocycles. The minimum Gasteiger partial charge on any atom is -0.309 e. The summed E-state index contributed by atoms with van der Waals surface area (Å²) < 4.78 is 0. The summed E-state index contributed by atoms with van der Waals surface area (Å²) in [6.45, 7) is 4.10. The number of tetrazole rings is 1. The number of nitrogens with zero attached hydrogens (tertiary/aromatic N) is 4. The molecule has 0 unspecified atom stereocenters. The molecular formula is C10H19N5. The highest BCUT2D eigenvalue weighted by Gasteiger charge is 2.34. The molecule has 15 heavy (non-hydrogen) atoms. The van der Waals surface area contributed by atoms with Crippen molar-refractivity contribution in [3.05, 3.63) is 5.82 Å². The molecule has 0 saturated heterocycles. The third-order valence-corrected chi connectivity index (χ3v) is 3.50. The summed E-state index contributed by atoms with van der Waals surface area (Å²) in [6, 6.07) is 0. The van der Waals surface area contributed by atoms with Crippen LogP contribution in [0, 0.1) is 5.41 Å². The first-order valence-electron chi connectivity index (χ1n) is 5.68. The van der Waals surface area contributed by atoms with Crippen LogP contribution in [-0.4, -0.2) is 26.8 Å². The smallest absolute Gasteiger partial charge is 0.188 e. The fourth-order valence-electron chi connectivity index (χ4n) is 2.17. The van der Waals surface area contributed by atoms with Crippen LogP contribution in [0.2, 0.25) is 0 Å². The van der Waals surface area contributed by atoms with Crippen molar-refractivity contribution in [2.24, 2.45) is 12.5 Å². The lowest BCUT2D eigenvalue weighted by Crippen LogP contribution is -2.39. The van der Waals surface area contributed by atoms with Gasteiger partial charge in [0, 0.05) is 6.54 Å². The van der Waals surface area contributed by atoms with Crippen LogP contribution in [0.15, 0.2) is 0 Å². The SMILES string of the molecule is CCC1(CNCc2nnn(C)n2)CCC1. The molecule has 0 amide bonds. The van der Waals surface area contributed by atoms with Gasteiger partial charge in [0.1, 0.15) is 0 Å². The Morgan fingerprint density at radius 3 is 2.73 bits per heavy atom. The van der Waals surface area contributed by atoms with Crippen LogP contribution in [0.25, 0.3) is 0 Å². The molecule has 1 aromatic heterocycles. The van der Waals surface area contributed by atoms with Gasteiger partial charge in [0.05, 0.1) is 13.6 Å². The lowest BCUT2D eigenvalue weighted by molar-refractivity contribution is 0.123. The summed E-state index contributed by atoms with van der Waals surface area (Å²) in [7, 11) is 1.79. The van der Waals surface area contributed by atoms with Gasteiger partial charge >= 0.3 is 0 Å². The molecular weight excluding hydrogens is 190 g/mol.